The molecule has 0 bridgehead atoms. The summed E-state index contributed by atoms with van der Waals surface area (Å²) in [5.41, 5.74) is 2.14. The van der Waals surface area contributed by atoms with Crippen molar-refractivity contribution < 1.29 is 24.2 Å². The van der Waals surface area contributed by atoms with Gasteiger partial charge in [-0.1, -0.05) is 18.2 Å². The molecule has 0 unspecified atom stereocenters. The highest BCUT2D eigenvalue weighted by Gasteiger charge is 2.12. The quantitative estimate of drug-likeness (QED) is 0.529. The van der Waals surface area contributed by atoms with Crippen LogP contribution in [0.4, 0.5) is 5.69 Å². The third-order valence-electron chi connectivity index (χ3n) is 3.63. The fourth-order valence-electron chi connectivity index (χ4n) is 2.43. The number of rotatable bonds is 8. The lowest BCUT2D eigenvalue weighted by molar-refractivity contribution is -0.142. The predicted octanol–water partition coefficient (Wildman–Crippen LogP) is 3.74. The van der Waals surface area contributed by atoms with Crippen molar-refractivity contribution in [3.05, 3.63) is 59.2 Å². The van der Waals surface area contributed by atoms with Gasteiger partial charge >= 0.3 is 11.9 Å². The fraction of sp³-hybridized carbons (Fsp3) is 0.250. The third kappa shape index (κ3) is 6.45. The molecular formula is C20H21NO5S. The van der Waals surface area contributed by atoms with Crippen molar-refractivity contribution in [3.63, 3.8) is 0 Å². The second kappa shape index (κ2) is 9.78. The van der Waals surface area contributed by atoms with E-state index in [1.54, 1.807) is 19.1 Å². The first-order chi connectivity index (χ1) is 12.9. The number of benzene rings is 2. The van der Waals surface area contributed by atoms with E-state index in [4.69, 9.17) is 4.74 Å². The Kier molecular flexibility index (Phi) is 7.43. The lowest BCUT2D eigenvalue weighted by atomic mass is 10.1. The Hall–Kier alpha value is -2.80. The number of nitrogens with one attached hydrogen (secondary N) is 1. The Balaban J connectivity index is 2.04. The molecular weight excluding hydrogens is 366 g/mol. The molecule has 2 aromatic carbocycles. The summed E-state index contributed by atoms with van der Waals surface area (Å²) in [7, 11) is 0. The van der Waals surface area contributed by atoms with E-state index in [0.717, 1.165) is 10.5 Å². The summed E-state index contributed by atoms with van der Waals surface area (Å²) < 4.78 is 4.92. The topological polar surface area (TPSA) is 92.7 Å². The zero-order valence-corrected chi connectivity index (χ0v) is 16.0. The van der Waals surface area contributed by atoms with E-state index in [1.807, 2.05) is 24.3 Å². The van der Waals surface area contributed by atoms with Crippen molar-refractivity contribution in [2.75, 3.05) is 11.9 Å². The number of hydrogen-bond donors (Lipinski definition) is 2. The highest BCUT2D eigenvalue weighted by molar-refractivity contribution is 7.98. The van der Waals surface area contributed by atoms with Gasteiger partial charge in [-0.05, 0) is 42.3 Å². The Morgan fingerprint density at radius 2 is 1.81 bits per heavy atom. The van der Waals surface area contributed by atoms with Crippen molar-refractivity contribution >= 4 is 35.3 Å². The van der Waals surface area contributed by atoms with Gasteiger partial charge in [-0.25, -0.2) is 4.79 Å². The zero-order valence-electron chi connectivity index (χ0n) is 15.2. The normalized spacial score (nSPS) is 10.3. The third-order valence-corrected chi connectivity index (χ3v) is 4.69. The van der Waals surface area contributed by atoms with Crippen LogP contribution in [0.25, 0.3) is 0 Å². The molecule has 1 amide bonds. The van der Waals surface area contributed by atoms with Crippen LogP contribution < -0.4 is 5.32 Å². The van der Waals surface area contributed by atoms with Gasteiger partial charge in [0.1, 0.15) is 0 Å². The molecule has 0 spiro atoms. The van der Waals surface area contributed by atoms with Gasteiger partial charge in [-0.15, -0.1) is 11.8 Å². The van der Waals surface area contributed by atoms with Gasteiger partial charge in [0.05, 0.1) is 18.6 Å². The van der Waals surface area contributed by atoms with Gasteiger partial charge in [0.2, 0.25) is 5.91 Å². The maximum atomic E-state index is 11.5. The number of hydrogen-bond acceptors (Lipinski definition) is 5. The molecule has 0 aromatic heterocycles. The standard InChI is InChI=1S/C20H21NO5S/c1-3-26-19(23)10-14-4-8-17(9-5-14)27-12-15-6-7-16(21-13(2)22)11-18(15)20(24)25/h4-9,11H,3,10,12H2,1-2H3,(H,21,22)(H,24,25). The van der Waals surface area contributed by atoms with E-state index >= 15 is 0 Å². The number of carboxylic acid groups (broad SMARTS) is 1. The van der Waals surface area contributed by atoms with Crippen LogP contribution in [0, 0.1) is 0 Å². The molecule has 2 aromatic rings. The Labute approximate surface area is 161 Å². The Morgan fingerprint density at radius 3 is 2.41 bits per heavy atom. The number of aromatic carboxylic acids is 1. The van der Waals surface area contributed by atoms with Crippen LogP contribution in [-0.2, 0) is 26.5 Å². The molecule has 0 aliphatic heterocycles. The van der Waals surface area contributed by atoms with Gasteiger partial charge in [0.15, 0.2) is 0 Å². The average molecular weight is 387 g/mol. The van der Waals surface area contributed by atoms with Crippen molar-refractivity contribution in [2.24, 2.45) is 0 Å². The van der Waals surface area contributed by atoms with Crippen LogP contribution in [0.2, 0.25) is 0 Å². The summed E-state index contributed by atoms with van der Waals surface area (Å²) in [5.74, 6) is -1.08. The lowest BCUT2D eigenvalue weighted by Crippen LogP contribution is -2.08. The summed E-state index contributed by atoms with van der Waals surface area (Å²) in [5, 5.41) is 12.0. The molecule has 0 heterocycles. The van der Waals surface area contributed by atoms with Crippen molar-refractivity contribution in [1.82, 2.24) is 0 Å². The van der Waals surface area contributed by atoms with Crippen LogP contribution in [0.3, 0.4) is 0 Å². The molecule has 2 N–H and O–H groups in total. The van der Waals surface area contributed by atoms with E-state index in [9.17, 15) is 19.5 Å². The summed E-state index contributed by atoms with van der Waals surface area (Å²) in [6.07, 6.45) is 0.229. The maximum absolute atomic E-state index is 11.5. The Morgan fingerprint density at radius 1 is 1.11 bits per heavy atom. The van der Waals surface area contributed by atoms with Gasteiger partial charge in [-0.3, -0.25) is 9.59 Å². The van der Waals surface area contributed by atoms with Crippen molar-refractivity contribution in [2.45, 2.75) is 30.9 Å². The maximum Gasteiger partial charge on any atom is 0.336 e. The van der Waals surface area contributed by atoms with E-state index in [0.29, 0.717) is 23.6 Å². The van der Waals surface area contributed by atoms with E-state index in [1.165, 1.54) is 24.8 Å². The number of carboxylic acids is 1. The molecule has 0 fully saturated rings. The summed E-state index contributed by atoms with van der Waals surface area (Å²) in [6.45, 7) is 3.50. The van der Waals surface area contributed by atoms with E-state index in [-0.39, 0.29) is 23.9 Å². The molecule has 6 nitrogen and oxygen atoms in total. The molecule has 0 atom stereocenters. The number of esters is 1. The van der Waals surface area contributed by atoms with Crippen LogP contribution in [-0.4, -0.2) is 29.6 Å². The highest BCUT2D eigenvalue weighted by Crippen LogP contribution is 2.26. The number of amides is 1. The van der Waals surface area contributed by atoms with Crippen LogP contribution in [0.5, 0.6) is 0 Å². The summed E-state index contributed by atoms with van der Waals surface area (Å²) in [4.78, 5) is 35.1. The first kappa shape index (κ1) is 20.5. The fourth-order valence-corrected chi connectivity index (χ4v) is 3.33. The molecule has 142 valence electrons. The van der Waals surface area contributed by atoms with Crippen molar-refractivity contribution in [3.8, 4) is 0 Å². The monoisotopic (exact) mass is 387 g/mol. The molecule has 0 saturated carbocycles. The largest absolute Gasteiger partial charge is 0.478 e. The molecule has 27 heavy (non-hydrogen) atoms. The highest BCUT2D eigenvalue weighted by atomic mass is 32.2. The first-order valence-electron chi connectivity index (χ1n) is 8.40. The lowest BCUT2D eigenvalue weighted by Gasteiger charge is -2.10. The minimum Gasteiger partial charge on any atom is -0.478 e. The minimum atomic E-state index is -1.04. The number of ether oxygens (including phenoxy) is 1. The number of carbonyl (C=O) groups excluding carboxylic acids is 2. The van der Waals surface area contributed by atoms with E-state index < -0.39 is 5.97 Å². The number of thioether (sulfide) groups is 1. The molecule has 0 radical (unpaired) electrons. The summed E-state index contributed by atoms with van der Waals surface area (Å²) in [6, 6.07) is 12.4. The van der Waals surface area contributed by atoms with Gasteiger partial charge in [0.25, 0.3) is 0 Å². The molecule has 7 heteroatoms. The second-order valence-corrected chi connectivity index (χ2v) is 6.82. The second-order valence-electron chi connectivity index (χ2n) is 5.77. The smallest absolute Gasteiger partial charge is 0.336 e. The number of anilines is 1. The summed E-state index contributed by atoms with van der Waals surface area (Å²) >= 11 is 1.50. The van der Waals surface area contributed by atoms with E-state index in [2.05, 4.69) is 5.32 Å². The average Bonchev–Trinajstić information content (AvgIpc) is 2.61. The molecule has 0 saturated heterocycles. The molecule has 0 aliphatic rings. The zero-order chi connectivity index (χ0) is 19.8. The van der Waals surface area contributed by atoms with Gasteiger partial charge in [-0.2, -0.15) is 0 Å². The van der Waals surface area contributed by atoms with Crippen LogP contribution in [0.15, 0.2) is 47.4 Å². The minimum absolute atomic E-state index is 0.160. The van der Waals surface area contributed by atoms with Gasteiger partial charge in [0, 0.05) is 23.3 Å². The van der Waals surface area contributed by atoms with Crippen molar-refractivity contribution in [1.29, 1.82) is 0 Å². The molecule has 0 aliphatic carbocycles. The van der Waals surface area contributed by atoms with Gasteiger partial charge < -0.3 is 15.2 Å². The molecule has 2 rings (SSSR count). The first-order valence-corrected chi connectivity index (χ1v) is 9.38. The predicted molar refractivity (Wildman–Crippen MR) is 104 cm³/mol. The SMILES string of the molecule is CCOC(=O)Cc1ccc(SCc2ccc(NC(C)=O)cc2C(=O)O)cc1. The van der Waals surface area contributed by atoms with Crippen LogP contribution >= 0.6 is 11.8 Å². The Bertz CT molecular complexity index is 833. The number of carbonyl (C=O) groups is 3. The van der Waals surface area contributed by atoms with Crippen LogP contribution in [0.1, 0.15) is 35.3 Å².